The summed E-state index contributed by atoms with van der Waals surface area (Å²) in [5.41, 5.74) is 7.51. The number of rotatable bonds is 5. The van der Waals surface area contributed by atoms with E-state index in [0.29, 0.717) is 22.9 Å². The van der Waals surface area contributed by atoms with E-state index >= 15 is 0 Å². The monoisotopic (exact) mass is 375 g/mol. The molecule has 2 aromatic heterocycles. The summed E-state index contributed by atoms with van der Waals surface area (Å²) in [5.74, 6) is 0.322. The fourth-order valence-corrected chi connectivity index (χ4v) is 2.78. The highest BCUT2D eigenvalue weighted by Crippen LogP contribution is 2.21. The molecule has 0 amide bonds. The average Bonchev–Trinajstić information content (AvgIpc) is 3.17. The van der Waals surface area contributed by atoms with Crippen molar-refractivity contribution in [2.75, 3.05) is 12.8 Å². The van der Waals surface area contributed by atoms with Gasteiger partial charge in [-0.1, -0.05) is 30.3 Å². The highest BCUT2D eigenvalue weighted by atomic mass is 16.5. The van der Waals surface area contributed by atoms with E-state index in [-0.39, 0.29) is 12.3 Å². The van der Waals surface area contributed by atoms with Gasteiger partial charge in [-0.3, -0.25) is 0 Å². The van der Waals surface area contributed by atoms with Crippen molar-refractivity contribution >= 4 is 22.7 Å². The van der Waals surface area contributed by atoms with Gasteiger partial charge in [-0.25, -0.2) is 19.4 Å². The summed E-state index contributed by atoms with van der Waals surface area (Å²) >= 11 is 0. The number of methoxy groups -OCH3 is 1. The van der Waals surface area contributed by atoms with Gasteiger partial charge >= 0.3 is 5.97 Å². The summed E-state index contributed by atoms with van der Waals surface area (Å²) in [5, 5.41) is 5.03. The summed E-state index contributed by atoms with van der Waals surface area (Å²) in [7, 11) is 1.47. The molecule has 0 aliphatic heterocycles. The van der Waals surface area contributed by atoms with Crippen molar-refractivity contribution < 1.29 is 14.3 Å². The van der Waals surface area contributed by atoms with E-state index in [1.165, 1.54) is 7.11 Å². The number of hydrogen-bond donors (Lipinski definition) is 1. The predicted octanol–water partition coefficient (Wildman–Crippen LogP) is 2.76. The molecule has 2 aromatic carbocycles. The Balaban J connectivity index is 1.55. The van der Waals surface area contributed by atoms with Crippen LogP contribution in [0.15, 0.2) is 60.8 Å². The second kappa shape index (κ2) is 7.36. The topological polar surface area (TPSA) is 105 Å². The first-order chi connectivity index (χ1) is 13.7. The first-order valence-corrected chi connectivity index (χ1v) is 8.53. The number of para-hydroxylation sites is 2. The molecule has 0 spiro atoms. The number of nitrogens with zero attached hydrogens (tertiary/aromatic N) is 4. The van der Waals surface area contributed by atoms with Crippen molar-refractivity contribution in [3.63, 3.8) is 0 Å². The fourth-order valence-electron chi connectivity index (χ4n) is 2.78. The Labute approximate surface area is 160 Å². The van der Waals surface area contributed by atoms with Gasteiger partial charge in [0.05, 0.1) is 24.5 Å². The van der Waals surface area contributed by atoms with Crippen molar-refractivity contribution in [3.8, 4) is 11.4 Å². The van der Waals surface area contributed by atoms with Crippen molar-refractivity contribution in [3.05, 3.63) is 72.3 Å². The number of carbonyl (C=O) groups is 1. The molecule has 0 bridgehead atoms. The van der Waals surface area contributed by atoms with Gasteiger partial charge in [-0.05, 0) is 24.3 Å². The lowest BCUT2D eigenvalue weighted by Crippen LogP contribution is -2.10. The van der Waals surface area contributed by atoms with Crippen molar-refractivity contribution in [1.29, 1.82) is 0 Å². The summed E-state index contributed by atoms with van der Waals surface area (Å²) in [6.07, 6.45) is 1.62. The molecule has 4 aromatic rings. The largest absolute Gasteiger partial charge is 0.493 e. The Bertz CT molecular complexity index is 1140. The smallest absolute Gasteiger partial charge is 0.363 e. The van der Waals surface area contributed by atoms with Crippen molar-refractivity contribution in [2.24, 2.45) is 0 Å². The maximum Gasteiger partial charge on any atom is 0.363 e. The molecule has 0 atom stereocenters. The molecule has 2 heterocycles. The third-order valence-electron chi connectivity index (χ3n) is 4.13. The number of ether oxygens (including phenoxy) is 2. The van der Waals surface area contributed by atoms with Gasteiger partial charge in [0, 0.05) is 5.39 Å². The molecule has 0 radical (unpaired) electrons. The fraction of sp³-hybridized carbons (Fsp3) is 0.100. The molecule has 28 heavy (non-hydrogen) atoms. The molecule has 0 aliphatic rings. The lowest BCUT2D eigenvalue weighted by atomic mass is 10.2. The number of benzene rings is 2. The van der Waals surface area contributed by atoms with Crippen molar-refractivity contribution in [2.45, 2.75) is 6.61 Å². The van der Waals surface area contributed by atoms with Gasteiger partial charge in [0.2, 0.25) is 5.69 Å². The normalized spacial score (nSPS) is 10.8. The number of nitrogen functional groups attached to an aromatic ring is 1. The Morgan fingerprint density at radius 1 is 1.07 bits per heavy atom. The minimum absolute atomic E-state index is 0.0696. The Hall–Kier alpha value is -3.94. The number of hydrogen-bond acceptors (Lipinski definition) is 7. The first kappa shape index (κ1) is 17.5. The van der Waals surface area contributed by atoms with Crippen LogP contribution in [0.2, 0.25) is 0 Å². The third kappa shape index (κ3) is 3.35. The molecule has 0 fully saturated rings. The lowest BCUT2D eigenvalue weighted by Gasteiger charge is -2.06. The zero-order chi connectivity index (χ0) is 19.5. The van der Waals surface area contributed by atoms with E-state index in [1.807, 2.05) is 54.6 Å². The zero-order valence-corrected chi connectivity index (χ0v) is 15.1. The summed E-state index contributed by atoms with van der Waals surface area (Å²) < 4.78 is 12.2. The van der Waals surface area contributed by atoms with Crippen LogP contribution in [0, 0.1) is 0 Å². The number of esters is 1. The van der Waals surface area contributed by atoms with E-state index in [2.05, 4.69) is 15.1 Å². The molecular formula is C20H17N5O3. The average molecular weight is 375 g/mol. The van der Waals surface area contributed by atoms with Crippen LogP contribution in [0.1, 0.15) is 16.3 Å². The standard InChI is InChI=1S/C20H17N5O3/c1-27-16-11-25(13-7-3-2-4-8-13)24-18(16)20(26)28-12-17-22-15-10-6-5-9-14(15)19(21)23-17/h2-11H,12H2,1H3,(H2,21,22,23). The molecule has 0 saturated heterocycles. The maximum absolute atomic E-state index is 12.5. The Kier molecular flexibility index (Phi) is 4.59. The molecule has 4 rings (SSSR count). The minimum Gasteiger partial charge on any atom is -0.493 e. The van der Waals surface area contributed by atoms with E-state index in [4.69, 9.17) is 15.2 Å². The molecular weight excluding hydrogens is 358 g/mol. The SMILES string of the molecule is COc1cn(-c2ccccc2)nc1C(=O)OCc1nc(N)c2ccccc2n1. The Morgan fingerprint density at radius 3 is 2.61 bits per heavy atom. The van der Waals surface area contributed by atoms with Crippen molar-refractivity contribution in [1.82, 2.24) is 19.7 Å². The molecule has 8 nitrogen and oxygen atoms in total. The van der Waals surface area contributed by atoms with Gasteiger partial charge in [0.1, 0.15) is 5.82 Å². The van der Waals surface area contributed by atoms with Crippen LogP contribution in [-0.2, 0) is 11.3 Å². The van der Waals surface area contributed by atoms with Crippen LogP contribution in [0.4, 0.5) is 5.82 Å². The molecule has 0 unspecified atom stereocenters. The third-order valence-corrected chi connectivity index (χ3v) is 4.13. The van der Waals surface area contributed by atoms with Gasteiger partial charge in [-0.15, -0.1) is 0 Å². The van der Waals surface area contributed by atoms with Crippen LogP contribution in [-0.4, -0.2) is 32.8 Å². The second-order valence-electron chi connectivity index (χ2n) is 5.94. The molecule has 140 valence electrons. The van der Waals surface area contributed by atoms with E-state index < -0.39 is 5.97 Å². The predicted molar refractivity (Wildman–Crippen MR) is 103 cm³/mol. The van der Waals surface area contributed by atoms with E-state index in [1.54, 1.807) is 10.9 Å². The number of nitrogens with two attached hydrogens (primary N) is 1. The molecule has 8 heteroatoms. The van der Waals surface area contributed by atoms with Crippen LogP contribution in [0.25, 0.3) is 16.6 Å². The van der Waals surface area contributed by atoms with Gasteiger partial charge in [-0.2, -0.15) is 5.10 Å². The molecule has 0 aliphatic carbocycles. The Morgan fingerprint density at radius 2 is 1.82 bits per heavy atom. The first-order valence-electron chi connectivity index (χ1n) is 8.53. The summed E-state index contributed by atoms with van der Waals surface area (Å²) in [6.45, 7) is -0.130. The maximum atomic E-state index is 12.5. The number of aromatic nitrogens is 4. The van der Waals surface area contributed by atoms with E-state index in [9.17, 15) is 4.79 Å². The van der Waals surface area contributed by atoms with Gasteiger partial charge in [0.15, 0.2) is 18.2 Å². The number of fused-ring (bicyclic) bond motifs is 1. The quantitative estimate of drug-likeness (QED) is 0.535. The molecule has 2 N–H and O–H groups in total. The van der Waals surface area contributed by atoms with Crippen LogP contribution in [0.5, 0.6) is 5.75 Å². The van der Waals surface area contributed by atoms with Crippen LogP contribution in [0.3, 0.4) is 0 Å². The number of anilines is 1. The van der Waals surface area contributed by atoms with E-state index in [0.717, 1.165) is 11.1 Å². The highest BCUT2D eigenvalue weighted by Gasteiger charge is 2.20. The summed E-state index contributed by atoms with van der Waals surface area (Å²) in [4.78, 5) is 21.1. The lowest BCUT2D eigenvalue weighted by molar-refractivity contribution is 0.0451. The second-order valence-corrected chi connectivity index (χ2v) is 5.94. The summed E-state index contributed by atoms with van der Waals surface area (Å²) in [6, 6.07) is 16.8. The molecule has 0 saturated carbocycles. The van der Waals surface area contributed by atoms with Gasteiger partial charge < -0.3 is 15.2 Å². The van der Waals surface area contributed by atoms with Crippen LogP contribution < -0.4 is 10.5 Å². The van der Waals surface area contributed by atoms with Gasteiger partial charge in [0.25, 0.3) is 0 Å². The minimum atomic E-state index is -0.637. The highest BCUT2D eigenvalue weighted by molar-refractivity contribution is 5.90. The van der Waals surface area contributed by atoms with Crippen LogP contribution >= 0.6 is 0 Å². The number of carbonyl (C=O) groups excluding carboxylic acids is 1. The zero-order valence-electron chi connectivity index (χ0n) is 15.1.